The van der Waals surface area contributed by atoms with Crippen LogP contribution in [-0.2, 0) is 27.1 Å². The van der Waals surface area contributed by atoms with Gasteiger partial charge in [-0.2, -0.15) is 0 Å². The van der Waals surface area contributed by atoms with Crippen molar-refractivity contribution >= 4 is 5.91 Å². The maximum Gasteiger partial charge on any atom is 0.220 e. The number of aliphatic hydroxyl groups is 1. The maximum atomic E-state index is 12.5. The molecule has 3 atom stereocenters. The van der Waals surface area contributed by atoms with Crippen LogP contribution in [0.2, 0.25) is 0 Å². The number of nitrogens with one attached hydrogen (secondary N) is 1. The summed E-state index contributed by atoms with van der Waals surface area (Å²) in [6.45, 7) is 6.77. The molecule has 0 heterocycles. The lowest BCUT2D eigenvalue weighted by Gasteiger charge is -2.21. The van der Waals surface area contributed by atoms with E-state index < -0.39 is 6.10 Å². The number of rotatable bonds is 13. The van der Waals surface area contributed by atoms with Gasteiger partial charge in [0, 0.05) is 6.42 Å². The van der Waals surface area contributed by atoms with E-state index >= 15 is 0 Å². The lowest BCUT2D eigenvalue weighted by Crippen LogP contribution is -2.40. The first-order chi connectivity index (χ1) is 14.4. The van der Waals surface area contributed by atoms with Gasteiger partial charge in [-0.1, -0.05) is 60.2 Å². The summed E-state index contributed by atoms with van der Waals surface area (Å²) in [5.41, 5.74) is 3.53. The molecule has 1 amide bonds. The number of amides is 1. The zero-order valence-corrected chi connectivity index (χ0v) is 18.3. The van der Waals surface area contributed by atoms with Gasteiger partial charge in [0.15, 0.2) is 0 Å². The van der Waals surface area contributed by atoms with E-state index in [1.807, 2.05) is 37.3 Å². The Bertz CT molecular complexity index is 731. The van der Waals surface area contributed by atoms with E-state index in [-0.39, 0.29) is 24.7 Å². The molecule has 5 nitrogen and oxygen atoms in total. The smallest absolute Gasteiger partial charge is 0.220 e. The molecule has 0 aliphatic heterocycles. The third-order valence-electron chi connectivity index (χ3n) is 4.74. The van der Waals surface area contributed by atoms with Gasteiger partial charge in [-0.15, -0.1) is 0 Å². The third-order valence-corrected chi connectivity index (χ3v) is 4.74. The minimum Gasteiger partial charge on any atom is -0.391 e. The summed E-state index contributed by atoms with van der Waals surface area (Å²) < 4.78 is 11.4. The van der Waals surface area contributed by atoms with Gasteiger partial charge in [0.05, 0.1) is 38.1 Å². The molecule has 0 fully saturated rings. The van der Waals surface area contributed by atoms with Crippen LogP contribution in [0, 0.1) is 6.92 Å². The van der Waals surface area contributed by atoms with E-state index in [1.54, 1.807) is 6.92 Å². The summed E-state index contributed by atoms with van der Waals surface area (Å²) in [4.78, 5) is 12.5. The second-order valence-electron chi connectivity index (χ2n) is 7.97. The number of carbonyl (C=O) groups excluding carboxylic acids is 1. The van der Waals surface area contributed by atoms with E-state index in [9.17, 15) is 9.90 Å². The first-order valence-corrected chi connectivity index (χ1v) is 10.7. The number of aliphatic hydroxyl groups excluding tert-OH is 1. The number of aryl methyl sites for hydroxylation is 2. The van der Waals surface area contributed by atoms with Crippen molar-refractivity contribution in [3.63, 3.8) is 0 Å². The topological polar surface area (TPSA) is 67.8 Å². The molecule has 0 aromatic heterocycles. The minimum absolute atomic E-state index is 0.0259. The van der Waals surface area contributed by atoms with Crippen molar-refractivity contribution in [1.82, 2.24) is 5.32 Å². The quantitative estimate of drug-likeness (QED) is 0.528. The third kappa shape index (κ3) is 10.0. The van der Waals surface area contributed by atoms with Crippen molar-refractivity contribution in [3.8, 4) is 0 Å². The Hall–Kier alpha value is -2.21. The zero-order valence-electron chi connectivity index (χ0n) is 18.3. The van der Waals surface area contributed by atoms with Crippen LogP contribution in [0.15, 0.2) is 54.6 Å². The fourth-order valence-electron chi connectivity index (χ4n) is 3.09. The fourth-order valence-corrected chi connectivity index (χ4v) is 3.09. The summed E-state index contributed by atoms with van der Waals surface area (Å²) in [5.74, 6) is 0.0259. The molecule has 0 aliphatic rings. The van der Waals surface area contributed by atoms with Crippen LogP contribution in [0.4, 0.5) is 0 Å². The summed E-state index contributed by atoms with van der Waals surface area (Å²) >= 11 is 0. The predicted molar refractivity (Wildman–Crippen MR) is 119 cm³/mol. The average molecular weight is 414 g/mol. The summed E-state index contributed by atoms with van der Waals surface area (Å²) in [6.07, 6.45) is 1.26. The molecule has 2 N–H and O–H groups in total. The highest BCUT2D eigenvalue weighted by Crippen LogP contribution is 2.08. The Labute approximate surface area is 180 Å². The van der Waals surface area contributed by atoms with Gasteiger partial charge >= 0.3 is 0 Å². The largest absolute Gasteiger partial charge is 0.391 e. The Morgan fingerprint density at radius 2 is 1.67 bits per heavy atom. The second kappa shape index (κ2) is 13.2. The highest BCUT2D eigenvalue weighted by molar-refractivity contribution is 5.76. The van der Waals surface area contributed by atoms with Crippen LogP contribution in [0.1, 0.15) is 37.0 Å². The molecular weight excluding hydrogens is 378 g/mol. The van der Waals surface area contributed by atoms with Crippen molar-refractivity contribution in [2.75, 3.05) is 19.8 Å². The lowest BCUT2D eigenvalue weighted by atomic mass is 10.0. The molecule has 2 rings (SSSR count). The molecule has 0 spiro atoms. The molecule has 0 saturated carbocycles. The SMILES string of the molecule is Cc1ccc(CC(COCC(C)OCC(C)O)NC(=O)CCc2ccccc2)cc1. The first kappa shape index (κ1) is 24.1. The Balaban J connectivity index is 1.86. The van der Waals surface area contributed by atoms with Crippen LogP contribution in [0.25, 0.3) is 0 Å². The number of hydrogen-bond donors (Lipinski definition) is 2. The van der Waals surface area contributed by atoms with Crippen LogP contribution >= 0.6 is 0 Å². The molecule has 164 valence electrons. The summed E-state index contributed by atoms with van der Waals surface area (Å²) in [7, 11) is 0. The normalized spacial score (nSPS) is 14.1. The summed E-state index contributed by atoms with van der Waals surface area (Å²) in [5, 5.41) is 12.4. The Kier molecular flexibility index (Phi) is 10.6. The first-order valence-electron chi connectivity index (χ1n) is 10.7. The minimum atomic E-state index is -0.495. The Morgan fingerprint density at radius 1 is 0.967 bits per heavy atom. The monoisotopic (exact) mass is 413 g/mol. The predicted octanol–water partition coefficient (Wildman–Crippen LogP) is 3.46. The van der Waals surface area contributed by atoms with Crippen LogP contribution in [0.5, 0.6) is 0 Å². The number of ether oxygens (including phenoxy) is 2. The van der Waals surface area contributed by atoms with Crippen molar-refractivity contribution in [2.24, 2.45) is 0 Å². The molecule has 0 aliphatic carbocycles. The van der Waals surface area contributed by atoms with Crippen molar-refractivity contribution in [1.29, 1.82) is 0 Å². The van der Waals surface area contributed by atoms with Gasteiger partial charge in [0.1, 0.15) is 0 Å². The number of carbonyl (C=O) groups is 1. The van der Waals surface area contributed by atoms with Gasteiger partial charge < -0.3 is 19.9 Å². The highest BCUT2D eigenvalue weighted by atomic mass is 16.5. The van der Waals surface area contributed by atoms with Gasteiger partial charge in [0.2, 0.25) is 5.91 Å². The summed E-state index contributed by atoms with van der Waals surface area (Å²) in [6, 6.07) is 18.3. The molecule has 0 bridgehead atoms. The van der Waals surface area contributed by atoms with Gasteiger partial charge in [-0.3, -0.25) is 4.79 Å². The molecule has 0 radical (unpaired) electrons. The van der Waals surface area contributed by atoms with Crippen molar-refractivity contribution < 1.29 is 19.4 Å². The molecule has 2 aromatic carbocycles. The molecular formula is C25H35NO4. The molecule has 5 heteroatoms. The van der Waals surface area contributed by atoms with E-state index in [2.05, 4.69) is 36.5 Å². The van der Waals surface area contributed by atoms with Gasteiger partial charge in [-0.05, 0) is 44.7 Å². The lowest BCUT2D eigenvalue weighted by molar-refractivity contribution is -0.122. The molecule has 2 aromatic rings. The highest BCUT2D eigenvalue weighted by Gasteiger charge is 2.15. The van der Waals surface area contributed by atoms with E-state index in [4.69, 9.17) is 9.47 Å². The van der Waals surface area contributed by atoms with Crippen molar-refractivity contribution in [3.05, 3.63) is 71.3 Å². The number of hydrogen-bond acceptors (Lipinski definition) is 4. The van der Waals surface area contributed by atoms with Crippen LogP contribution in [-0.4, -0.2) is 49.1 Å². The Morgan fingerprint density at radius 3 is 2.33 bits per heavy atom. The molecule has 30 heavy (non-hydrogen) atoms. The van der Waals surface area contributed by atoms with Crippen molar-refractivity contribution in [2.45, 2.75) is 58.3 Å². The fraction of sp³-hybridized carbons (Fsp3) is 0.480. The van der Waals surface area contributed by atoms with Crippen LogP contribution in [0.3, 0.4) is 0 Å². The zero-order chi connectivity index (χ0) is 21.8. The average Bonchev–Trinajstić information content (AvgIpc) is 2.73. The van der Waals surface area contributed by atoms with E-state index in [0.717, 1.165) is 17.5 Å². The standard InChI is InChI=1S/C25H35NO4/c1-19-9-11-23(12-10-19)15-24(18-29-17-21(3)30-16-20(2)27)26-25(28)14-13-22-7-5-4-6-8-22/h4-12,20-21,24,27H,13-18H2,1-3H3,(H,26,28). The second-order valence-corrected chi connectivity index (χ2v) is 7.97. The maximum absolute atomic E-state index is 12.5. The number of benzene rings is 2. The van der Waals surface area contributed by atoms with E-state index in [0.29, 0.717) is 26.1 Å². The molecule has 3 unspecified atom stereocenters. The van der Waals surface area contributed by atoms with Crippen LogP contribution < -0.4 is 5.32 Å². The van der Waals surface area contributed by atoms with Gasteiger partial charge in [-0.25, -0.2) is 0 Å². The van der Waals surface area contributed by atoms with E-state index in [1.165, 1.54) is 5.56 Å². The van der Waals surface area contributed by atoms with Gasteiger partial charge in [0.25, 0.3) is 0 Å². The molecule has 0 saturated heterocycles.